The number of thioether (sulfide) groups is 1. The molecule has 1 aromatic rings. The Balaban J connectivity index is 2.07. The zero-order chi connectivity index (χ0) is 18.9. The highest BCUT2D eigenvalue weighted by atomic mass is 32.2. The maximum Gasteiger partial charge on any atom is 0.238 e. The van der Waals surface area contributed by atoms with Gasteiger partial charge in [-0.1, -0.05) is 23.9 Å². The fourth-order valence-corrected chi connectivity index (χ4v) is 3.45. The molecule has 0 aromatic heterocycles. The molecule has 0 radical (unpaired) electrons. The van der Waals surface area contributed by atoms with E-state index in [1.54, 1.807) is 41.3 Å². The van der Waals surface area contributed by atoms with Crippen LogP contribution in [0.5, 0.6) is 5.75 Å². The number of rotatable bonds is 8. The number of nitrogens with one attached hydrogen (secondary N) is 1. The van der Waals surface area contributed by atoms with Crippen molar-refractivity contribution in [1.29, 1.82) is 0 Å². The Morgan fingerprint density at radius 2 is 2.12 bits per heavy atom. The van der Waals surface area contributed by atoms with Crippen molar-refractivity contribution in [3.8, 4) is 5.75 Å². The predicted octanol–water partition coefficient (Wildman–Crippen LogP) is 3.09. The molecule has 7 heteroatoms. The lowest BCUT2D eigenvalue weighted by Crippen LogP contribution is -2.45. The van der Waals surface area contributed by atoms with Crippen LogP contribution in [-0.4, -0.2) is 46.8 Å². The zero-order valence-electron chi connectivity index (χ0n) is 14.8. The van der Waals surface area contributed by atoms with Crippen molar-refractivity contribution in [2.75, 3.05) is 25.0 Å². The van der Waals surface area contributed by atoms with Gasteiger partial charge in [0.25, 0.3) is 0 Å². The van der Waals surface area contributed by atoms with Gasteiger partial charge in [0.2, 0.25) is 11.8 Å². The van der Waals surface area contributed by atoms with Crippen molar-refractivity contribution in [2.24, 2.45) is 4.99 Å². The maximum atomic E-state index is 12.6. The van der Waals surface area contributed by atoms with Gasteiger partial charge in [0.15, 0.2) is 5.17 Å². The molecule has 1 N–H and O–H groups in total. The van der Waals surface area contributed by atoms with Gasteiger partial charge in [-0.3, -0.25) is 19.5 Å². The van der Waals surface area contributed by atoms with Gasteiger partial charge in [-0.2, -0.15) is 0 Å². The number of carbonyl (C=O) groups is 2. The predicted molar refractivity (Wildman–Crippen MR) is 107 cm³/mol. The lowest BCUT2D eigenvalue weighted by molar-refractivity contribution is -0.129. The third kappa shape index (κ3) is 5.23. The first-order chi connectivity index (χ1) is 12.6. The van der Waals surface area contributed by atoms with Gasteiger partial charge in [-0.05, 0) is 31.2 Å². The molecule has 1 aromatic carbocycles. The number of aliphatic imine (C=N–C) groups is 1. The lowest BCUT2D eigenvalue weighted by Gasteiger charge is -2.31. The SMILES string of the molecule is C=CCN=C1S[C@H](C(=O)Nc2ccc(OCC)cc2)CC(=O)N1CC=C. The van der Waals surface area contributed by atoms with E-state index in [1.165, 1.54) is 11.8 Å². The summed E-state index contributed by atoms with van der Waals surface area (Å²) in [5.41, 5.74) is 0.657. The molecule has 0 saturated carbocycles. The molecular formula is C19H23N3O3S. The van der Waals surface area contributed by atoms with Crippen LogP contribution in [0.3, 0.4) is 0 Å². The van der Waals surface area contributed by atoms with E-state index in [0.29, 0.717) is 30.6 Å². The summed E-state index contributed by atoms with van der Waals surface area (Å²) in [5.74, 6) is 0.377. The number of anilines is 1. The Morgan fingerprint density at radius 3 is 2.73 bits per heavy atom. The molecule has 1 fully saturated rings. The summed E-state index contributed by atoms with van der Waals surface area (Å²) in [6, 6.07) is 7.13. The summed E-state index contributed by atoms with van der Waals surface area (Å²) >= 11 is 1.28. The smallest absolute Gasteiger partial charge is 0.238 e. The molecule has 6 nitrogen and oxygen atoms in total. The van der Waals surface area contributed by atoms with Crippen LogP contribution in [0, 0.1) is 0 Å². The molecule has 138 valence electrons. The third-order valence-corrected chi connectivity index (χ3v) is 4.76. The number of carbonyl (C=O) groups excluding carboxylic acids is 2. The minimum atomic E-state index is -0.529. The summed E-state index contributed by atoms with van der Waals surface area (Å²) in [5, 5.41) is 2.84. The molecule has 0 spiro atoms. The highest BCUT2D eigenvalue weighted by Gasteiger charge is 2.35. The van der Waals surface area contributed by atoms with E-state index in [4.69, 9.17) is 4.74 Å². The molecule has 26 heavy (non-hydrogen) atoms. The Morgan fingerprint density at radius 1 is 1.38 bits per heavy atom. The Labute approximate surface area is 158 Å². The van der Waals surface area contributed by atoms with Gasteiger partial charge < -0.3 is 10.1 Å². The monoisotopic (exact) mass is 373 g/mol. The fourth-order valence-electron chi connectivity index (χ4n) is 2.35. The second kappa shape index (κ2) is 9.82. The number of amidine groups is 1. The molecule has 0 unspecified atom stereocenters. The van der Waals surface area contributed by atoms with E-state index in [9.17, 15) is 9.59 Å². The van der Waals surface area contributed by atoms with Crippen LogP contribution in [-0.2, 0) is 9.59 Å². The third-order valence-electron chi connectivity index (χ3n) is 3.53. The van der Waals surface area contributed by atoms with E-state index in [0.717, 1.165) is 5.75 Å². The highest BCUT2D eigenvalue weighted by Crippen LogP contribution is 2.28. The van der Waals surface area contributed by atoms with Crippen molar-refractivity contribution < 1.29 is 14.3 Å². The molecule has 1 aliphatic heterocycles. The van der Waals surface area contributed by atoms with Crippen molar-refractivity contribution in [3.05, 3.63) is 49.6 Å². The number of hydrogen-bond donors (Lipinski definition) is 1. The minimum Gasteiger partial charge on any atom is -0.494 e. The summed E-state index contributed by atoms with van der Waals surface area (Å²) in [6.45, 7) is 10.6. The molecule has 1 atom stereocenters. The van der Waals surface area contributed by atoms with Gasteiger partial charge in [0.05, 0.1) is 13.2 Å². The Bertz CT molecular complexity index is 700. The molecule has 0 aliphatic carbocycles. The van der Waals surface area contributed by atoms with Crippen LogP contribution in [0.15, 0.2) is 54.6 Å². The summed E-state index contributed by atoms with van der Waals surface area (Å²) in [6.07, 6.45) is 3.41. The molecule has 2 rings (SSSR count). The summed E-state index contributed by atoms with van der Waals surface area (Å²) in [7, 11) is 0. The second-order valence-corrected chi connectivity index (χ2v) is 6.63. The van der Waals surface area contributed by atoms with Crippen molar-refractivity contribution >= 4 is 34.4 Å². The fraction of sp³-hybridized carbons (Fsp3) is 0.316. The Hall–Kier alpha value is -2.54. The van der Waals surface area contributed by atoms with E-state index >= 15 is 0 Å². The van der Waals surface area contributed by atoms with Crippen molar-refractivity contribution in [3.63, 3.8) is 0 Å². The van der Waals surface area contributed by atoms with Gasteiger partial charge in [-0.15, -0.1) is 13.2 Å². The number of nitrogens with zero attached hydrogens (tertiary/aromatic N) is 2. The van der Waals surface area contributed by atoms with E-state index < -0.39 is 5.25 Å². The first-order valence-electron chi connectivity index (χ1n) is 8.36. The summed E-state index contributed by atoms with van der Waals surface area (Å²) in [4.78, 5) is 30.9. The zero-order valence-corrected chi connectivity index (χ0v) is 15.6. The van der Waals surface area contributed by atoms with Crippen LogP contribution in [0.4, 0.5) is 5.69 Å². The van der Waals surface area contributed by atoms with E-state index in [2.05, 4.69) is 23.5 Å². The summed E-state index contributed by atoms with van der Waals surface area (Å²) < 4.78 is 5.38. The first-order valence-corrected chi connectivity index (χ1v) is 9.24. The van der Waals surface area contributed by atoms with Gasteiger partial charge in [0, 0.05) is 18.7 Å². The van der Waals surface area contributed by atoms with Gasteiger partial charge in [0.1, 0.15) is 11.0 Å². The molecule has 1 aliphatic rings. The highest BCUT2D eigenvalue weighted by molar-refractivity contribution is 8.15. The normalized spacial score (nSPS) is 18.5. The lowest BCUT2D eigenvalue weighted by atomic mass is 10.2. The molecule has 0 bridgehead atoms. The quantitative estimate of drug-likeness (QED) is 0.711. The molecule has 1 heterocycles. The van der Waals surface area contributed by atoms with E-state index in [1.807, 2.05) is 6.92 Å². The van der Waals surface area contributed by atoms with Crippen LogP contribution in [0.25, 0.3) is 0 Å². The van der Waals surface area contributed by atoms with Gasteiger partial charge in [-0.25, -0.2) is 0 Å². The first kappa shape index (κ1) is 19.8. The number of benzene rings is 1. The minimum absolute atomic E-state index is 0.120. The number of hydrogen-bond acceptors (Lipinski definition) is 5. The largest absolute Gasteiger partial charge is 0.494 e. The molecule has 2 amide bonds. The molecular weight excluding hydrogens is 350 g/mol. The number of ether oxygens (including phenoxy) is 1. The van der Waals surface area contributed by atoms with Crippen molar-refractivity contribution in [2.45, 2.75) is 18.6 Å². The Kier molecular flexibility index (Phi) is 7.47. The van der Waals surface area contributed by atoms with Crippen LogP contribution < -0.4 is 10.1 Å². The average molecular weight is 373 g/mol. The van der Waals surface area contributed by atoms with Crippen LogP contribution in [0.2, 0.25) is 0 Å². The second-order valence-electron chi connectivity index (χ2n) is 5.46. The molecule has 1 saturated heterocycles. The van der Waals surface area contributed by atoms with Gasteiger partial charge >= 0.3 is 0 Å². The van der Waals surface area contributed by atoms with Crippen molar-refractivity contribution in [1.82, 2.24) is 4.90 Å². The average Bonchev–Trinajstić information content (AvgIpc) is 2.64. The van der Waals surface area contributed by atoms with Crippen LogP contribution in [0.1, 0.15) is 13.3 Å². The maximum absolute atomic E-state index is 12.6. The topological polar surface area (TPSA) is 71.0 Å². The standard InChI is InChI=1S/C19H23N3O3S/c1-4-11-20-19-22(12-5-2)17(23)13-16(26-19)18(24)21-14-7-9-15(10-8-14)25-6-3/h4-5,7-10,16H,1-2,6,11-13H2,3H3,(H,21,24)/t16-/m0/s1. The number of amides is 2. The van der Waals surface area contributed by atoms with Crippen LogP contribution >= 0.6 is 11.8 Å². The van der Waals surface area contributed by atoms with E-state index in [-0.39, 0.29) is 18.2 Å².